The molecule has 0 unspecified atom stereocenters. The molecule has 0 heterocycles. The van der Waals surface area contributed by atoms with Crippen LogP contribution in [0.3, 0.4) is 0 Å². The molecule has 0 bridgehead atoms. The van der Waals surface area contributed by atoms with Gasteiger partial charge in [-0.1, -0.05) is 121 Å². The SMILES string of the molecule is CCc1c(N=Nc2c(O)c(C(=O)Nc3ccc(NC(=O)c4cc5ccccc5c(N=Nc5cccc(C(=O)Oc6cc(Cl)cc(Cl)c6)c5CC)c4O)cc3)cc3ccccc23)cccc1C(=O)Oc1cc(Cl)cc(Cl)c1. The Morgan fingerprint density at radius 1 is 0.447 bits per heavy atom. The number of phenols is 2. The number of fused-ring (bicyclic) bond motifs is 2. The first kappa shape index (κ1) is 52.2. The third-order valence-corrected chi connectivity index (χ3v) is 12.8. The lowest BCUT2D eigenvalue weighted by Crippen LogP contribution is -2.13. The lowest BCUT2D eigenvalue weighted by molar-refractivity contribution is 0.0724. The van der Waals surface area contributed by atoms with Gasteiger partial charge in [0.05, 0.1) is 33.6 Å². The quantitative estimate of drug-likeness (QED) is 0.0468. The Bertz CT molecular complexity index is 3580. The van der Waals surface area contributed by atoms with Gasteiger partial charge in [-0.25, -0.2) is 9.59 Å². The number of benzene rings is 9. The van der Waals surface area contributed by atoms with E-state index in [4.69, 9.17) is 55.9 Å². The zero-order valence-electron chi connectivity index (χ0n) is 40.1. The zero-order chi connectivity index (χ0) is 53.6. The molecular weight excluding hydrogens is 1050 g/mol. The molecule has 9 rings (SSSR count). The maximum absolute atomic E-state index is 13.9. The van der Waals surface area contributed by atoms with Crippen molar-refractivity contribution >= 4 is 126 Å². The molecule has 0 saturated heterocycles. The molecule has 0 aliphatic rings. The molecule has 2 amide bonds. The average Bonchev–Trinajstić information content (AvgIpc) is 3.40. The zero-order valence-corrected chi connectivity index (χ0v) is 43.1. The maximum Gasteiger partial charge on any atom is 0.343 e. The van der Waals surface area contributed by atoms with Gasteiger partial charge in [0.15, 0.2) is 11.5 Å². The van der Waals surface area contributed by atoms with Gasteiger partial charge in [-0.3, -0.25) is 9.59 Å². The van der Waals surface area contributed by atoms with Crippen LogP contribution in [0.15, 0.2) is 178 Å². The van der Waals surface area contributed by atoms with Crippen molar-refractivity contribution in [2.75, 3.05) is 10.6 Å². The average molecular weight is 1090 g/mol. The van der Waals surface area contributed by atoms with Gasteiger partial charge in [0, 0.05) is 42.2 Å². The van der Waals surface area contributed by atoms with Crippen molar-refractivity contribution in [3.8, 4) is 23.0 Å². The standard InChI is InChI=1S/C58H40Cl4N6O8/c1-3-41-45(57(73)75-39-27-33(59)25-34(60)28-39)15-9-17-49(41)65-67-51-43-13-7-5-11-31(43)23-47(53(51)69)55(71)63-37-19-21-38(22-20-37)64-56(72)48-24-32-12-6-8-14-44(32)52(54(48)70)68-66-50-18-10-16-46(42(50)4-2)58(74)76-40-29-35(61)26-36(62)30-40/h5-30,69-70H,3-4H2,1-2H3,(H,63,71)(H,64,72). The van der Waals surface area contributed by atoms with Gasteiger partial charge in [0.25, 0.3) is 11.8 Å². The van der Waals surface area contributed by atoms with E-state index < -0.39 is 35.3 Å². The number of carbonyl (C=O) groups is 4. The fraction of sp³-hybridized carbons (Fsp3) is 0.0690. The number of hydrogen-bond acceptors (Lipinski definition) is 12. The van der Waals surface area contributed by atoms with E-state index in [0.29, 0.717) is 88.4 Å². The Labute approximate surface area is 454 Å². The minimum atomic E-state index is -0.667. The van der Waals surface area contributed by atoms with Crippen molar-refractivity contribution in [1.82, 2.24) is 0 Å². The molecule has 0 saturated carbocycles. The molecule has 0 atom stereocenters. The van der Waals surface area contributed by atoms with Gasteiger partial charge in [-0.15, -0.1) is 10.2 Å². The van der Waals surface area contributed by atoms with Crippen molar-refractivity contribution in [3.05, 3.63) is 211 Å². The fourth-order valence-electron chi connectivity index (χ4n) is 8.39. The van der Waals surface area contributed by atoms with E-state index in [1.54, 1.807) is 109 Å². The van der Waals surface area contributed by atoms with Crippen LogP contribution in [0.1, 0.15) is 66.4 Å². The molecule has 0 aliphatic carbocycles. The molecule has 0 spiro atoms. The highest BCUT2D eigenvalue weighted by molar-refractivity contribution is 6.35. The second-order valence-electron chi connectivity index (χ2n) is 16.9. The predicted octanol–water partition coefficient (Wildman–Crippen LogP) is 16.9. The number of hydrogen-bond donors (Lipinski definition) is 4. The Kier molecular flexibility index (Phi) is 15.7. The molecule has 0 radical (unpaired) electrons. The van der Waals surface area contributed by atoms with Crippen LogP contribution in [0.2, 0.25) is 20.1 Å². The number of ether oxygens (including phenoxy) is 2. The predicted molar refractivity (Wildman–Crippen MR) is 296 cm³/mol. The number of carbonyl (C=O) groups excluding carboxylic acids is 4. The van der Waals surface area contributed by atoms with Crippen LogP contribution < -0.4 is 20.1 Å². The molecule has 0 aliphatic heterocycles. The summed E-state index contributed by atoms with van der Waals surface area (Å²) < 4.78 is 11.2. The molecule has 76 heavy (non-hydrogen) atoms. The number of nitrogens with one attached hydrogen (secondary N) is 2. The van der Waals surface area contributed by atoms with E-state index in [1.807, 2.05) is 13.8 Å². The van der Waals surface area contributed by atoms with E-state index in [0.717, 1.165) is 0 Å². The van der Waals surface area contributed by atoms with Crippen LogP contribution in [0.5, 0.6) is 23.0 Å². The summed E-state index contributed by atoms with van der Waals surface area (Å²) >= 11 is 24.4. The first-order valence-electron chi connectivity index (χ1n) is 23.3. The van der Waals surface area contributed by atoms with Crippen LogP contribution in [0, 0.1) is 0 Å². The Hall–Kier alpha value is -8.66. The Morgan fingerprint density at radius 2 is 0.816 bits per heavy atom. The van der Waals surface area contributed by atoms with Crippen LogP contribution >= 0.6 is 46.4 Å². The van der Waals surface area contributed by atoms with Crippen molar-refractivity contribution in [3.63, 3.8) is 0 Å². The number of phenolic OH excluding ortho intramolecular Hbond substituents is 2. The lowest BCUT2D eigenvalue weighted by atomic mass is 10.0. The van der Waals surface area contributed by atoms with E-state index in [2.05, 4.69) is 31.1 Å². The summed E-state index contributed by atoms with van der Waals surface area (Å²) in [4.78, 5) is 54.5. The minimum Gasteiger partial charge on any atom is -0.505 e. The van der Waals surface area contributed by atoms with Gasteiger partial charge in [0.2, 0.25) is 0 Å². The normalized spacial score (nSPS) is 11.3. The van der Waals surface area contributed by atoms with E-state index in [1.165, 1.54) is 48.5 Å². The highest BCUT2D eigenvalue weighted by atomic mass is 35.5. The molecule has 378 valence electrons. The topological polar surface area (TPSA) is 201 Å². The highest BCUT2D eigenvalue weighted by Crippen LogP contribution is 2.42. The van der Waals surface area contributed by atoms with Gasteiger partial charge in [0.1, 0.15) is 22.9 Å². The monoisotopic (exact) mass is 1090 g/mol. The van der Waals surface area contributed by atoms with E-state index in [-0.39, 0.29) is 45.1 Å². The van der Waals surface area contributed by atoms with Crippen LogP contribution in [0.4, 0.5) is 34.1 Å². The number of esters is 2. The number of amides is 2. The van der Waals surface area contributed by atoms with Crippen molar-refractivity contribution in [2.24, 2.45) is 20.5 Å². The van der Waals surface area contributed by atoms with Gasteiger partial charge >= 0.3 is 11.9 Å². The van der Waals surface area contributed by atoms with Gasteiger partial charge < -0.3 is 30.3 Å². The fourth-order valence-corrected chi connectivity index (χ4v) is 9.40. The van der Waals surface area contributed by atoms with Gasteiger partial charge in [-0.2, -0.15) is 10.2 Å². The Balaban J connectivity index is 0.926. The summed E-state index contributed by atoms with van der Waals surface area (Å²) in [5.41, 5.74) is 2.67. The summed E-state index contributed by atoms with van der Waals surface area (Å²) in [6.45, 7) is 3.69. The van der Waals surface area contributed by atoms with E-state index in [9.17, 15) is 29.4 Å². The lowest BCUT2D eigenvalue weighted by Gasteiger charge is -2.13. The van der Waals surface area contributed by atoms with Crippen LogP contribution in [-0.2, 0) is 12.8 Å². The van der Waals surface area contributed by atoms with Crippen LogP contribution in [-0.4, -0.2) is 34.0 Å². The second kappa shape index (κ2) is 22.8. The third-order valence-electron chi connectivity index (χ3n) is 11.9. The van der Waals surface area contributed by atoms with Crippen molar-refractivity contribution < 1.29 is 38.9 Å². The number of azo groups is 2. The second-order valence-corrected chi connectivity index (χ2v) is 18.6. The largest absolute Gasteiger partial charge is 0.505 e. The molecular formula is C58H40Cl4N6O8. The number of nitrogens with zero attached hydrogens (tertiary/aromatic N) is 4. The molecule has 18 heteroatoms. The van der Waals surface area contributed by atoms with E-state index >= 15 is 0 Å². The minimum absolute atomic E-state index is 0.0188. The molecule has 9 aromatic carbocycles. The molecule has 4 N–H and O–H groups in total. The molecule has 9 aromatic rings. The highest BCUT2D eigenvalue weighted by Gasteiger charge is 2.23. The Morgan fingerprint density at radius 3 is 1.18 bits per heavy atom. The first-order chi connectivity index (χ1) is 36.7. The number of anilines is 2. The number of rotatable bonds is 14. The number of aromatic hydroxyl groups is 2. The molecule has 14 nitrogen and oxygen atoms in total. The summed E-state index contributed by atoms with van der Waals surface area (Å²) in [5, 5.41) is 50.0. The third kappa shape index (κ3) is 11.5. The summed E-state index contributed by atoms with van der Waals surface area (Å²) in [7, 11) is 0. The van der Waals surface area contributed by atoms with Crippen molar-refractivity contribution in [2.45, 2.75) is 26.7 Å². The molecule has 0 fully saturated rings. The summed E-state index contributed by atoms with van der Waals surface area (Å²) in [6, 6.07) is 42.0. The summed E-state index contributed by atoms with van der Waals surface area (Å²) in [5.74, 6) is -3.21. The molecule has 0 aromatic heterocycles. The smallest absolute Gasteiger partial charge is 0.343 e. The summed E-state index contributed by atoms with van der Waals surface area (Å²) in [6.07, 6.45) is 0.744. The van der Waals surface area contributed by atoms with Crippen molar-refractivity contribution in [1.29, 1.82) is 0 Å². The number of halogens is 4. The van der Waals surface area contributed by atoms with Gasteiger partial charge in [-0.05, 0) is 132 Å². The maximum atomic E-state index is 13.9. The first-order valence-corrected chi connectivity index (χ1v) is 24.8. The van der Waals surface area contributed by atoms with Crippen LogP contribution in [0.25, 0.3) is 21.5 Å².